The molecule has 3 nitrogen and oxygen atoms in total. The Morgan fingerprint density at radius 1 is 1.10 bits per heavy atom. The summed E-state index contributed by atoms with van der Waals surface area (Å²) in [4.78, 5) is 11.9. The molecule has 1 amide bonds. The van der Waals surface area contributed by atoms with E-state index in [0.29, 0.717) is 5.56 Å². The van der Waals surface area contributed by atoms with Crippen molar-refractivity contribution in [3.63, 3.8) is 0 Å². The second-order valence-electron chi connectivity index (χ2n) is 4.35. The van der Waals surface area contributed by atoms with Crippen LogP contribution in [0.3, 0.4) is 0 Å². The van der Waals surface area contributed by atoms with Gasteiger partial charge in [0.1, 0.15) is 0 Å². The van der Waals surface area contributed by atoms with E-state index in [4.69, 9.17) is 5.11 Å². The van der Waals surface area contributed by atoms with E-state index < -0.39 is 24.3 Å². The van der Waals surface area contributed by atoms with Crippen molar-refractivity contribution in [1.29, 1.82) is 0 Å². The van der Waals surface area contributed by atoms with Crippen LogP contribution in [0.2, 0.25) is 0 Å². The summed E-state index contributed by atoms with van der Waals surface area (Å²) < 4.78 is 38.6. The molecule has 0 spiro atoms. The second-order valence-corrected chi connectivity index (χ2v) is 4.35. The number of aliphatic hydroxyl groups is 1. The highest BCUT2D eigenvalue weighted by Gasteiger charge is 2.33. The van der Waals surface area contributed by atoms with Crippen LogP contribution >= 0.6 is 0 Å². The van der Waals surface area contributed by atoms with Gasteiger partial charge in [-0.25, -0.2) is 0 Å². The number of carbonyl (C=O) groups excluding carboxylic acids is 1. The van der Waals surface area contributed by atoms with Crippen LogP contribution in [0.25, 0.3) is 0 Å². The number of nitrogens with one attached hydrogen (secondary N) is 1. The topological polar surface area (TPSA) is 49.3 Å². The van der Waals surface area contributed by atoms with Crippen LogP contribution in [0.5, 0.6) is 0 Å². The molecule has 0 fully saturated rings. The fourth-order valence-corrected chi connectivity index (χ4v) is 1.85. The van der Waals surface area contributed by atoms with Crippen LogP contribution in [-0.4, -0.2) is 11.0 Å². The summed E-state index contributed by atoms with van der Waals surface area (Å²) in [7, 11) is 0. The first-order valence-corrected chi connectivity index (χ1v) is 6.09. The lowest BCUT2D eigenvalue weighted by Crippen LogP contribution is -2.14. The number of carbonyl (C=O) groups is 1. The summed E-state index contributed by atoms with van der Waals surface area (Å²) in [6.45, 7) is -0.720. The minimum Gasteiger partial charge on any atom is -0.392 e. The maximum absolute atomic E-state index is 12.9. The van der Waals surface area contributed by atoms with E-state index in [0.717, 1.165) is 12.1 Å². The molecule has 2 N–H and O–H groups in total. The Labute approximate surface area is 119 Å². The van der Waals surface area contributed by atoms with E-state index >= 15 is 0 Å². The van der Waals surface area contributed by atoms with Gasteiger partial charge in [0.2, 0.25) is 0 Å². The molecule has 0 unspecified atom stereocenters. The van der Waals surface area contributed by atoms with Gasteiger partial charge in [-0.15, -0.1) is 0 Å². The molecule has 110 valence electrons. The summed E-state index contributed by atoms with van der Waals surface area (Å²) >= 11 is 0. The molecule has 0 bridgehead atoms. The van der Waals surface area contributed by atoms with Crippen LogP contribution in [0.4, 0.5) is 18.9 Å². The SMILES string of the molecule is O=C(Nc1ccc(CO)c(C(F)(F)F)c1)c1ccccc1. The number of hydrogen-bond donors (Lipinski definition) is 2. The third-order valence-electron chi connectivity index (χ3n) is 2.88. The molecular formula is C15H12F3NO2. The number of aliphatic hydroxyl groups excluding tert-OH is 1. The molecular weight excluding hydrogens is 283 g/mol. The van der Waals surface area contributed by atoms with Crippen LogP contribution in [0.1, 0.15) is 21.5 Å². The first kappa shape index (κ1) is 15.1. The van der Waals surface area contributed by atoms with Crippen LogP contribution in [-0.2, 0) is 12.8 Å². The molecule has 0 atom stereocenters. The average molecular weight is 295 g/mol. The van der Waals surface area contributed by atoms with Gasteiger partial charge in [-0.1, -0.05) is 24.3 Å². The van der Waals surface area contributed by atoms with Gasteiger partial charge in [-0.2, -0.15) is 13.2 Å². The molecule has 0 aliphatic heterocycles. The molecule has 2 aromatic rings. The minimum absolute atomic E-state index is 0.0216. The largest absolute Gasteiger partial charge is 0.416 e. The molecule has 0 saturated heterocycles. The number of halogens is 3. The number of hydrogen-bond acceptors (Lipinski definition) is 2. The van der Waals surface area contributed by atoms with Crippen molar-refractivity contribution < 1.29 is 23.1 Å². The Kier molecular flexibility index (Phi) is 4.28. The lowest BCUT2D eigenvalue weighted by atomic mass is 10.1. The number of amides is 1. The van der Waals surface area contributed by atoms with Crippen LogP contribution in [0.15, 0.2) is 48.5 Å². The molecule has 6 heteroatoms. The van der Waals surface area contributed by atoms with E-state index in [-0.39, 0.29) is 11.3 Å². The lowest BCUT2D eigenvalue weighted by Gasteiger charge is -2.13. The van der Waals surface area contributed by atoms with Gasteiger partial charge in [0.15, 0.2) is 0 Å². The van der Waals surface area contributed by atoms with E-state index in [1.165, 1.54) is 6.07 Å². The smallest absolute Gasteiger partial charge is 0.392 e. The summed E-state index contributed by atoms with van der Waals surface area (Å²) in [6.07, 6.45) is -4.59. The second kappa shape index (κ2) is 5.97. The van der Waals surface area contributed by atoms with Crippen molar-refractivity contribution in [3.8, 4) is 0 Å². The first-order chi connectivity index (χ1) is 9.91. The van der Waals surface area contributed by atoms with E-state index in [9.17, 15) is 18.0 Å². The minimum atomic E-state index is -4.59. The molecule has 2 aromatic carbocycles. The highest BCUT2D eigenvalue weighted by atomic mass is 19.4. The first-order valence-electron chi connectivity index (χ1n) is 6.09. The zero-order valence-electron chi connectivity index (χ0n) is 10.8. The normalized spacial score (nSPS) is 11.2. The molecule has 0 radical (unpaired) electrons. The highest BCUT2D eigenvalue weighted by Crippen LogP contribution is 2.34. The van der Waals surface area contributed by atoms with Crippen molar-refractivity contribution in [2.75, 3.05) is 5.32 Å². The Balaban J connectivity index is 2.28. The molecule has 0 saturated carbocycles. The Morgan fingerprint density at radius 2 is 1.76 bits per heavy atom. The third-order valence-corrected chi connectivity index (χ3v) is 2.88. The number of benzene rings is 2. The van der Waals surface area contributed by atoms with Gasteiger partial charge < -0.3 is 10.4 Å². The average Bonchev–Trinajstić information content (AvgIpc) is 2.47. The van der Waals surface area contributed by atoms with Crippen LogP contribution < -0.4 is 5.32 Å². The van der Waals surface area contributed by atoms with Crippen molar-refractivity contribution in [3.05, 3.63) is 65.2 Å². The fourth-order valence-electron chi connectivity index (χ4n) is 1.85. The molecule has 0 aromatic heterocycles. The standard InChI is InChI=1S/C15H12F3NO2/c16-15(17,18)13-8-12(7-6-11(13)9-20)19-14(21)10-4-2-1-3-5-10/h1-8,20H,9H2,(H,19,21). The molecule has 21 heavy (non-hydrogen) atoms. The van der Waals surface area contributed by atoms with Gasteiger partial charge in [0.25, 0.3) is 5.91 Å². The Morgan fingerprint density at radius 3 is 2.33 bits per heavy atom. The van der Waals surface area contributed by atoms with Gasteiger partial charge >= 0.3 is 6.18 Å². The number of alkyl halides is 3. The van der Waals surface area contributed by atoms with Crippen molar-refractivity contribution in [1.82, 2.24) is 0 Å². The van der Waals surface area contributed by atoms with Gasteiger partial charge in [0.05, 0.1) is 12.2 Å². The Bertz CT molecular complexity index is 639. The maximum atomic E-state index is 12.9. The molecule has 0 aliphatic rings. The zero-order chi connectivity index (χ0) is 15.5. The van der Waals surface area contributed by atoms with E-state index in [2.05, 4.69) is 5.32 Å². The van der Waals surface area contributed by atoms with Crippen molar-refractivity contribution in [2.24, 2.45) is 0 Å². The van der Waals surface area contributed by atoms with Gasteiger partial charge in [-0.3, -0.25) is 4.79 Å². The number of anilines is 1. The van der Waals surface area contributed by atoms with Gasteiger partial charge in [-0.05, 0) is 29.8 Å². The predicted molar refractivity (Wildman–Crippen MR) is 71.8 cm³/mol. The predicted octanol–water partition coefficient (Wildman–Crippen LogP) is 3.45. The summed E-state index contributed by atoms with van der Waals surface area (Å²) in [5, 5.41) is 11.3. The molecule has 0 heterocycles. The lowest BCUT2D eigenvalue weighted by molar-refractivity contribution is -0.138. The number of rotatable bonds is 3. The summed E-state index contributed by atoms with van der Waals surface area (Å²) in [6, 6.07) is 11.4. The summed E-state index contributed by atoms with van der Waals surface area (Å²) in [5.41, 5.74) is -0.832. The van der Waals surface area contributed by atoms with Crippen LogP contribution in [0, 0.1) is 0 Å². The highest BCUT2D eigenvalue weighted by molar-refractivity contribution is 6.04. The van der Waals surface area contributed by atoms with E-state index in [1.807, 2.05) is 0 Å². The molecule has 0 aliphatic carbocycles. The Hall–Kier alpha value is -2.34. The summed E-state index contributed by atoms with van der Waals surface area (Å²) in [5.74, 6) is -0.500. The van der Waals surface area contributed by atoms with Crippen molar-refractivity contribution in [2.45, 2.75) is 12.8 Å². The zero-order valence-corrected chi connectivity index (χ0v) is 10.8. The maximum Gasteiger partial charge on any atom is 0.416 e. The van der Waals surface area contributed by atoms with Gasteiger partial charge in [0, 0.05) is 11.3 Å². The van der Waals surface area contributed by atoms with Crippen molar-refractivity contribution >= 4 is 11.6 Å². The fraction of sp³-hybridized carbons (Fsp3) is 0.133. The monoisotopic (exact) mass is 295 g/mol. The van der Waals surface area contributed by atoms with E-state index in [1.54, 1.807) is 30.3 Å². The third kappa shape index (κ3) is 3.61. The molecule has 2 rings (SSSR count). The quantitative estimate of drug-likeness (QED) is 0.911.